The normalized spacial score (nSPS) is 17.1. The largest absolute Gasteiger partial charge is 0.384 e. The lowest BCUT2D eigenvalue weighted by Gasteiger charge is -2.16. The summed E-state index contributed by atoms with van der Waals surface area (Å²) in [4.78, 5) is 1.67. The molecule has 2 heterocycles. The Morgan fingerprint density at radius 3 is 2.60 bits per heavy atom. The van der Waals surface area contributed by atoms with Gasteiger partial charge >= 0.3 is 0 Å². The van der Waals surface area contributed by atoms with Gasteiger partial charge in [0.1, 0.15) is 29.1 Å². The van der Waals surface area contributed by atoms with E-state index < -0.39 is 11.6 Å². The highest BCUT2D eigenvalue weighted by atomic mass is 19.1. The summed E-state index contributed by atoms with van der Waals surface area (Å²) in [5.74, 6) is -1.01. The summed E-state index contributed by atoms with van der Waals surface area (Å²) in [6.45, 7) is 0.420. The summed E-state index contributed by atoms with van der Waals surface area (Å²) in [5, 5.41) is 11.9. The van der Waals surface area contributed by atoms with E-state index in [0.717, 1.165) is 11.6 Å². The fraction of sp³-hybridized carbons (Fsp3) is 0.0714. The van der Waals surface area contributed by atoms with Crippen LogP contribution in [-0.4, -0.2) is 6.54 Å². The first-order valence-electron chi connectivity index (χ1n) is 5.89. The standard InChI is InChI=1S/C14H10F2N4/c15-9-1-10(16)3-11(2-9)20-6-8-5-19-14(18)12(4-17)13(8)7-20/h1-3,5,7,19H,6,18H2. The number of anilines is 1. The van der Waals surface area contributed by atoms with E-state index in [-0.39, 0.29) is 5.82 Å². The fourth-order valence-electron chi connectivity index (χ4n) is 2.28. The van der Waals surface area contributed by atoms with Crippen LogP contribution < -0.4 is 16.0 Å². The molecule has 3 N–H and O–H groups in total. The molecule has 20 heavy (non-hydrogen) atoms. The van der Waals surface area contributed by atoms with E-state index in [1.165, 1.54) is 12.1 Å². The highest BCUT2D eigenvalue weighted by Gasteiger charge is 2.26. The first kappa shape index (κ1) is 12.2. The molecule has 0 aromatic heterocycles. The molecule has 0 unspecified atom stereocenters. The van der Waals surface area contributed by atoms with E-state index in [1.807, 2.05) is 6.07 Å². The van der Waals surface area contributed by atoms with E-state index >= 15 is 0 Å². The van der Waals surface area contributed by atoms with Crippen molar-refractivity contribution in [1.82, 2.24) is 5.32 Å². The van der Waals surface area contributed by atoms with Crippen LogP contribution in [0.1, 0.15) is 0 Å². The minimum Gasteiger partial charge on any atom is -0.384 e. The summed E-state index contributed by atoms with van der Waals surface area (Å²) in [6, 6.07) is 5.33. The van der Waals surface area contributed by atoms with Gasteiger partial charge in [-0.15, -0.1) is 0 Å². The molecule has 0 saturated carbocycles. The SMILES string of the molecule is N#CC1=C(N)NC=C2CN(c3cc(F)cc(F)c3)C=C21. The highest BCUT2D eigenvalue weighted by Crippen LogP contribution is 2.33. The maximum atomic E-state index is 13.3. The fourth-order valence-corrected chi connectivity index (χ4v) is 2.28. The van der Waals surface area contributed by atoms with Gasteiger partial charge in [-0.2, -0.15) is 5.26 Å². The number of nitrogens with one attached hydrogen (secondary N) is 1. The van der Waals surface area contributed by atoms with Gasteiger partial charge in [0.25, 0.3) is 0 Å². The van der Waals surface area contributed by atoms with Gasteiger partial charge in [-0.1, -0.05) is 0 Å². The van der Waals surface area contributed by atoms with E-state index in [9.17, 15) is 8.78 Å². The van der Waals surface area contributed by atoms with Crippen LogP contribution in [0.4, 0.5) is 14.5 Å². The molecule has 1 aromatic rings. The number of hydrogen-bond acceptors (Lipinski definition) is 4. The number of allylic oxidation sites excluding steroid dienone is 1. The van der Waals surface area contributed by atoms with E-state index in [4.69, 9.17) is 11.0 Å². The Morgan fingerprint density at radius 2 is 1.95 bits per heavy atom. The van der Waals surface area contributed by atoms with Crippen molar-refractivity contribution in [3.8, 4) is 6.07 Å². The minimum atomic E-state index is -0.643. The van der Waals surface area contributed by atoms with E-state index in [0.29, 0.717) is 23.4 Å². The average molecular weight is 272 g/mol. The Kier molecular flexibility index (Phi) is 2.68. The van der Waals surface area contributed by atoms with Crippen LogP contribution in [0.5, 0.6) is 0 Å². The molecule has 0 radical (unpaired) electrons. The molecule has 6 heteroatoms. The van der Waals surface area contributed by atoms with Crippen LogP contribution >= 0.6 is 0 Å². The lowest BCUT2D eigenvalue weighted by molar-refractivity contribution is 0.583. The van der Waals surface area contributed by atoms with E-state index in [2.05, 4.69) is 5.32 Å². The van der Waals surface area contributed by atoms with Crippen LogP contribution in [0.2, 0.25) is 0 Å². The third-order valence-corrected chi connectivity index (χ3v) is 3.20. The number of fused-ring (bicyclic) bond motifs is 1. The molecular weight excluding hydrogens is 262 g/mol. The summed E-state index contributed by atoms with van der Waals surface area (Å²) >= 11 is 0. The van der Waals surface area contributed by atoms with Crippen molar-refractivity contribution in [3.63, 3.8) is 0 Å². The quantitative estimate of drug-likeness (QED) is 0.819. The first-order chi connectivity index (χ1) is 9.58. The number of nitriles is 1. The van der Waals surface area contributed by atoms with Gasteiger partial charge in [-0.05, 0) is 17.7 Å². The number of nitrogens with two attached hydrogens (primary N) is 1. The lowest BCUT2D eigenvalue weighted by Crippen LogP contribution is -2.22. The lowest BCUT2D eigenvalue weighted by atomic mass is 10.0. The summed E-state index contributed by atoms with van der Waals surface area (Å²) < 4.78 is 26.5. The van der Waals surface area contributed by atoms with Gasteiger partial charge in [0.2, 0.25) is 0 Å². The Labute approximate surface area is 114 Å². The van der Waals surface area contributed by atoms with Crippen molar-refractivity contribution in [2.75, 3.05) is 11.4 Å². The van der Waals surface area contributed by atoms with Gasteiger partial charge < -0.3 is 16.0 Å². The van der Waals surface area contributed by atoms with Gasteiger partial charge in [0, 0.05) is 36.3 Å². The van der Waals surface area contributed by atoms with Crippen molar-refractivity contribution in [1.29, 1.82) is 5.26 Å². The second kappa shape index (κ2) is 4.38. The highest BCUT2D eigenvalue weighted by molar-refractivity contribution is 5.67. The molecule has 3 rings (SSSR count). The monoisotopic (exact) mass is 272 g/mol. The molecule has 0 bridgehead atoms. The zero-order chi connectivity index (χ0) is 14.3. The summed E-state index contributed by atoms with van der Waals surface area (Å²) in [6.07, 6.45) is 3.37. The maximum absolute atomic E-state index is 13.3. The maximum Gasteiger partial charge on any atom is 0.128 e. The molecule has 100 valence electrons. The number of halogens is 2. The molecule has 2 aliphatic rings. The summed E-state index contributed by atoms with van der Waals surface area (Å²) in [7, 11) is 0. The number of dihydropyridines is 1. The Hall–Kier alpha value is -2.81. The molecule has 4 nitrogen and oxygen atoms in total. The van der Waals surface area contributed by atoms with Crippen LogP contribution in [0, 0.1) is 23.0 Å². The van der Waals surface area contributed by atoms with Gasteiger partial charge in [0.15, 0.2) is 0 Å². The zero-order valence-corrected chi connectivity index (χ0v) is 10.3. The number of benzene rings is 1. The predicted octanol–water partition coefficient (Wildman–Crippen LogP) is 1.85. The van der Waals surface area contributed by atoms with Crippen molar-refractivity contribution in [2.45, 2.75) is 0 Å². The molecule has 0 amide bonds. The molecule has 0 fully saturated rings. The van der Waals surface area contributed by atoms with Crippen LogP contribution in [-0.2, 0) is 0 Å². The average Bonchev–Trinajstić information content (AvgIpc) is 2.81. The van der Waals surface area contributed by atoms with E-state index in [1.54, 1.807) is 17.3 Å². The smallest absolute Gasteiger partial charge is 0.128 e. The second-order valence-corrected chi connectivity index (χ2v) is 4.51. The van der Waals surface area contributed by atoms with Crippen LogP contribution in [0.3, 0.4) is 0 Å². The Morgan fingerprint density at radius 1 is 1.25 bits per heavy atom. The first-order valence-corrected chi connectivity index (χ1v) is 5.89. The van der Waals surface area contributed by atoms with Crippen LogP contribution in [0.25, 0.3) is 0 Å². The number of rotatable bonds is 1. The molecule has 0 saturated heterocycles. The van der Waals surface area contributed by atoms with Crippen molar-refractivity contribution >= 4 is 5.69 Å². The van der Waals surface area contributed by atoms with Gasteiger partial charge in [-0.3, -0.25) is 0 Å². The van der Waals surface area contributed by atoms with Gasteiger partial charge in [-0.25, -0.2) is 8.78 Å². The van der Waals surface area contributed by atoms with Crippen molar-refractivity contribution < 1.29 is 8.78 Å². The van der Waals surface area contributed by atoms with Crippen molar-refractivity contribution in [3.05, 3.63) is 64.8 Å². The van der Waals surface area contributed by atoms with Gasteiger partial charge in [0.05, 0.1) is 0 Å². The predicted molar refractivity (Wildman–Crippen MR) is 69.8 cm³/mol. The van der Waals surface area contributed by atoms with Crippen molar-refractivity contribution in [2.24, 2.45) is 5.73 Å². The molecule has 2 aliphatic heterocycles. The molecular formula is C14H10F2N4. The third kappa shape index (κ3) is 1.89. The zero-order valence-electron chi connectivity index (χ0n) is 10.3. The number of nitrogens with zero attached hydrogens (tertiary/aromatic N) is 2. The number of hydrogen-bond donors (Lipinski definition) is 2. The minimum absolute atomic E-state index is 0.273. The Balaban J connectivity index is 2.02. The molecule has 1 aromatic carbocycles. The topological polar surface area (TPSA) is 65.1 Å². The second-order valence-electron chi connectivity index (χ2n) is 4.51. The summed E-state index contributed by atoms with van der Waals surface area (Å²) in [5.41, 5.74) is 7.95. The molecule has 0 atom stereocenters. The molecule has 0 aliphatic carbocycles. The van der Waals surface area contributed by atoms with Crippen LogP contribution in [0.15, 0.2) is 53.1 Å². The molecule has 0 spiro atoms. The Bertz CT molecular complexity index is 705. The third-order valence-electron chi connectivity index (χ3n) is 3.20.